The quantitative estimate of drug-likeness (QED) is 0.678. The Bertz CT molecular complexity index is 766. The van der Waals surface area contributed by atoms with Crippen LogP contribution < -0.4 is 15.8 Å². The van der Waals surface area contributed by atoms with Gasteiger partial charge in [0.15, 0.2) is 0 Å². The van der Waals surface area contributed by atoms with Crippen LogP contribution in [0.5, 0.6) is 0 Å². The molecule has 0 radical (unpaired) electrons. The number of sulfonamides is 1. The lowest BCUT2D eigenvalue weighted by atomic mass is 9.71. The van der Waals surface area contributed by atoms with Crippen LogP contribution in [0.25, 0.3) is 0 Å². The number of rotatable bonds is 7. The Morgan fingerprint density at radius 3 is 2.54 bits per heavy atom. The minimum Gasteiger partial charge on any atom is -0.330 e. The smallest absolute Gasteiger partial charge is 0.241 e. The predicted octanol–water partition coefficient (Wildman–Crippen LogP) is 2.67. The molecule has 7 heteroatoms. The van der Waals surface area contributed by atoms with Crippen molar-refractivity contribution in [2.45, 2.75) is 69.2 Å². The van der Waals surface area contributed by atoms with Gasteiger partial charge in [0.1, 0.15) is 0 Å². The van der Waals surface area contributed by atoms with E-state index in [-0.39, 0.29) is 22.3 Å². The summed E-state index contributed by atoms with van der Waals surface area (Å²) in [6.07, 6.45) is 7.56. The van der Waals surface area contributed by atoms with Gasteiger partial charge in [-0.05, 0) is 62.3 Å². The molecule has 144 valence electrons. The summed E-state index contributed by atoms with van der Waals surface area (Å²) in [6.45, 7) is 2.28. The first-order valence-electron chi connectivity index (χ1n) is 9.46. The van der Waals surface area contributed by atoms with Crippen LogP contribution in [0.15, 0.2) is 23.1 Å². The fraction of sp³-hybridized carbons (Fsp3) is 0.632. The largest absolute Gasteiger partial charge is 0.330 e. The van der Waals surface area contributed by atoms with Crippen molar-refractivity contribution >= 4 is 21.6 Å². The van der Waals surface area contributed by atoms with Crippen molar-refractivity contribution in [3.8, 4) is 0 Å². The number of nitrogens with two attached hydrogens (primary N) is 1. The minimum atomic E-state index is -3.55. The Morgan fingerprint density at radius 2 is 1.92 bits per heavy atom. The molecule has 3 rings (SSSR count). The standard InChI is InChI=1S/C19H29N3O3S/c1-14-5-6-16(11-17(14)26(24,25)22-15-7-8-15)21-18(23)12-19(13-20)9-3-2-4-10-19/h5-6,11,15,22H,2-4,7-10,12-13,20H2,1H3,(H,21,23). The fourth-order valence-corrected chi connectivity index (χ4v) is 5.33. The highest BCUT2D eigenvalue weighted by molar-refractivity contribution is 7.89. The summed E-state index contributed by atoms with van der Waals surface area (Å²) in [4.78, 5) is 12.8. The molecule has 2 fully saturated rings. The summed E-state index contributed by atoms with van der Waals surface area (Å²) >= 11 is 0. The van der Waals surface area contributed by atoms with E-state index in [1.807, 2.05) is 0 Å². The number of anilines is 1. The molecule has 0 atom stereocenters. The van der Waals surface area contributed by atoms with Crippen molar-refractivity contribution < 1.29 is 13.2 Å². The van der Waals surface area contributed by atoms with E-state index in [2.05, 4.69) is 10.0 Å². The van der Waals surface area contributed by atoms with Crippen molar-refractivity contribution in [1.82, 2.24) is 4.72 Å². The Hall–Kier alpha value is -1.44. The van der Waals surface area contributed by atoms with E-state index < -0.39 is 10.0 Å². The molecule has 0 heterocycles. The summed E-state index contributed by atoms with van der Waals surface area (Å²) in [5, 5.41) is 2.87. The number of hydrogen-bond acceptors (Lipinski definition) is 4. The topological polar surface area (TPSA) is 101 Å². The van der Waals surface area contributed by atoms with E-state index >= 15 is 0 Å². The van der Waals surface area contributed by atoms with Gasteiger partial charge in [-0.1, -0.05) is 25.3 Å². The van der Waals surface area contributed by atoms with Gasteiger partial charge in [-0.2, -0.15) is 0 Å². The van der Waals surface area contributed by atoms with Gasteiger partial charge in [0.25, 0.3) is 0 Å². The van der Waals surface area contributed by atoms with Crippen LogP contribution in [-0.2, 0) is 14.8 Å². The number of amides is 1. The van der Waals surface area contributed by atoms with Crippen LogP contribution in [0, 0.1) is 12.3 Å². The van der Waals surface area contributed by atoms with Gasteiger partial charge >= 0.3 is 0 Å². The molecule has 26 heavy (non-hydrogen) atoms. The highest BCUT2D eigenvalue weighted by Crippen LogP contribution is 2.38. The monoisotopic (exact) mass is 379 g/mol. The van der Waals surface area contributed by atoms with Gasteiger partial charge in [-0.25, -0.2) is 13.1 Å². The van der Waals surface area contributed by atoms with E-state index in [1.54, 1.807) is 25.1 Å². The second kappa shape index (κ2) is 7.66. The number of aryl methyl sites for hydroxylation is 1. The molecule has 0 unspecified atom stereocenters. The molecule has 6 nitrogen and oxygen atoms in total. The number of carbonyl (C=O) groups excluding carboxylic acids is 1. The zero-order valence-electron chi connectivity index (χ0n) is 15.4. The number of nitrogens with one attached hydrogen (secondary N) is 2. The van der Waals surface area contributed by atoms with Gasteiger partial charge in [0.05, 0.1) is 4.90 Å². The lowest BCUT2D eigenvalue weighted by molar-refractivity contribution is -0.118. The van der Waals surface area contributed by atoms with Crippen LogP contribution in [0.3, 0.4) is 0 Å². The highest BCUT2D eigenvalue weighted by Gasteiger charge is 2.33. The molecular weight excluding hydrogens is 350 g/mol. The maximum absolute atomic E-state index is 12.5. The van der Waals surface area contributed by atoms with E-state index in [0.717, 1.165) is 38.5 Å². The second-order valence-electron chi connectivity index (χ2n) is 7.87. The second-order valence-corrected chi connectivity index (χ2v) is 9.55. The summed E-state index contributed by atoms with van der Waals surface area (Å²) in [7, 11) is -3.55. The third-order valence-electron chi connectivity index (χ3n) is 5.54. The van der Waals surface area contributed by atoms with Crippen LogP contribution in [0.4, 0.5) is 5.69 Å². The van der Waals surface area contributed by atoms with Gasteiger partial charge in [-0.15, -0.1) is 0 Å². The molecular formula is C19H29N3O3S. The molecule has 2 saturated carbocycles. The zero-order valence-corrected chi connectivity index (χ0v) is 16.2. The van der Waals surface area contributed by atoms with Crippen molar-refractivity contribution in [3.63, 3.8) is 0 Å². The number of carbonyl (C=O) groups is 1. The van der Waals surface area contributed by atoms with Gasteiger partial charge in [-0.3, -0.25) is 4.79 Å². The molecule has 0 saturated heterocycles. The number of hydrogen-bond donors (Lipinski definition) is 3. The van der Waals surface area contributed by atoms with E-state index in [4.69, 9.17) is 5.73 Å². The normalized spacial score (nSPS) is 19.9. The van der Waals surface area contributed by atoms with Gasteiger partial charge in [0.2, 0.25) is 15.9 Å². The molecule has 0 aliphatic heterocycles. The maximum atomic E-state index is 12.5. The average Bonchev–Trinajstić information content (AvgIpc) is 3.40. The van der Waals surface area contributed by atoms with Gasteiger partial charge < -0.3 is 11.1 Å². The fourth-order valence-electron chi connectivity index (χ4n) is 3.75. The SMILES string of the molecule is Cc1ccc(NC(=O)CC2(CN)CCCCC2)cc1S(=O)(=O)NC1CC1. The summed E-state index contributed by atoms with van der Waals surface area (Å²) in [5.74, 6) is -0.0975. The number of benzene rings is 1. The van der Waals surface area contributed by atoms with Crippen LogP contribution >= 0.6 is 0 Å². The van der Waals surface area contributed by atoms with Crippen molar-refractivity contribution in [2.75, 3.05) is 11.9 Å². The Balaban J connectivity index is 1.71. The van der Waals surface area contributed by atoms with Gasteiger partial charge in [0, 0.05) is 18.2 Å². The third kappa shape index (κ3) is 4.64. The van der Waals surface area contributed by atoms with Crippen LogP contribution in [0.1, 0.15) is 56.9 Å². The van der Waals surface area contributed by atoms with Crippen molar-refractivity contribution in [3.05, 3.63) is 23.8 Å². The average molecular weight is 380 g/mol. The molecule has 2 aliphatic carbocycles. The summed E-state index contributed by atoms with van der Waals surface area (Å²) in [6, 6.07) is 5.08. The van der Waals surface area contributed by atoms with Crippen LogP contribution in [-0.4, -0.2) is 26.9 Å². The summed E-state index contributed by atoms with van der Waals surface area (Å²) in [5.41, 5.74) is 7.03. The van der Waals surface area contributed by atoms with Crippen molar-refractivity contribution in [1.29, 1.82) is 0 Å². The van der Waals surface area contributed by atoms with E-state index in [0.29, 0.717) is 24.2 Å². The molecule has 4 N–H and O–H groups in total. The predicted molar refractivity (Wildman–Crippen MR) is 102 cm³/mol. The van der Waals surface area contributed by atoms with E-state index in [1.165, 1.54) is 6.42 Å². The third-order valence-corrected chi connectivity index (χ3v) is 7.21. The van der Waals surface area contributed by atoms with Crippen molar-refractivity contribution in [2.24, 2.45) is 11.1 Å². The van der Waals surface area contributed by atoms with E-state index in [9.17, 15) is 13.2 Å². The molecule has 2 aliphatic rings. The Kier molecular flexibility index (Phi) is 5.69. The molecule has 0 spiro atoms. The Labute approximate surface area is 156 Å². The van der Waals surface area contributed by atoms with Crippen LogP contribution in [0.2, 0.25) is 0 Å². The molecule has 0 bridgehead atoms. The molecule has 1 aromatic carbocycles. The maximum Gasteiger partial charge on any atom is 0.241 e. The highest BCUT2D eigenvalue weighted by atomic mass is 32.2. The summed E-state index contributed by atoms with van der Waals surface area (Å²) < 4.78 is 27.7. The first kappa shape index (κ1) is 19.3. The first-order chi connectivity index (χ1) is 12.3. The minimum absolute atomic E-state index is 0.0494. The lowest BCUT2D eigenvalue weighted by Gasteiger charge is -2.35. The lowest BCUT2D eigenvalue weighted by Crippen LogP contribution is -2.36. The zero-order chi connectivity index (χ0) is 18.8. The molecule has 1 aromatic rings. The molecule has 0 aromatic heterocycles. The molecule has 1 amide bonds. The first-order valence-corrected chi connectivity index (χ1v) is 10.9. The Morgan fingerprint density at radius 1 is 1.23 bits per heavy atom.